The number of hydrogen-bond donors (Lipinski definition) is 3. The van der Waals surface area contributed by atoms with Crippen LogP contribution in [-0.4, -0.2) is 11.8 Å². The summed E-state index contributed by atoms with van der Waals surface area (Å²) < 4.78 is 5.18. The van der Waals surface area contributed by atoms with Gasteiger partial charge < -0.3 is 16.2 Å². The van der Waals surface area contributed by atoms with Crippen molar-refractivity contribution in [3.05, 3.63) is 58.6 Å². The molecule has 0 saturated heterocycles. The van der Waals surface area contributed by atoms with Crippen molar-refractivity contribution in [2.75, 3.05) is 5.73 Å². The molecular formula is C14H13Cl2N3O2. The molecule has 0 fully saturated rings. The summed E-state index contributed by atoms with van der Waals surface area (Å²) in [6, 6.07) is 10.8. The Hall–Kier alpha value is -2.24. The maximum atomic E-state index is 12.0. The quantitative estimate of drug-likeness (QED) is 0.265. The van der Waals surface area contributed by atoms with E-state index in [-0.39, 0.29) is 29.5 Å². The molecule has 110 valence electrons. The SMILES string of the molecule is Cl.N=C(N)c1ccc(OC(=O)c2ccc(Cl)cc2N)cc1. The summed E-state index contributed by atoms with van der Waals surface area (Å²) in [6.45, 7) is 0. The second-order valence-corrected chi connectivity index (χ2v) is 4.50. The van der Waals surface area contributed by atoms with Crippen molar-refractivity contribution < 1.29 is 9.53 Å². The molecule has 0 aliphatic heterocycles. The minimum Gasteiger partial charge on any atom is -0.423 e. The first-order valence-corrected chi connectivity index (χ1v) is 6.07. The number of carbonyl (C=O) groups is 1. The number of nitrogens with one attached hydrogen (secondary N) is 1. The molecule has 0 aromatic heterocycles. The number of amidine groups is 1. The summed E-state index contributed by atoms with van der Waals surface area (Å²) in [5, 5.41) is 7.72. The largest absolute Gasteiger partial charge is 0.423 e. The highest BCUT2D eigenvalue weighted by atomic mass is 35.5. The predicted octanol–water partition coefficient (Wildman–Crippen LogP) is 2.85. The first kappa shape index (κ1) is 16.8. The van der Waals surface area contributed by atoms with Crippen LogP contribution in [0.5, 0.6) is 5.75 Å². The van der Waals surface area contributed by atoms with Crippen molar-refractivity contribution in [1.82, 2.24) is 0 Å². The lowest BCUT2D eigenvalue weighted by Gasteiger charge is -2.07. The van der Waals surface area contributed by atoms with Gasteiger partial charge in [-0.05, 0) is 42.5 Å². The van der Waals surface area contributed by atoms with E-state index in [4.69, 9.17) is 33.2 Å². The second kappa shape index (κ2) is 6.97. The van der Waals surface area contributed by atoms with Crippen molar-refractivity contribution in [2.24, 2.45) is 5.73 Å². The number of halogens is 2. The van der Waals surface area contributed by atoms with E-state index in [9.17, 15) is 4.79 Å². The Morgan fingerprint density at radius 3 is 2.29 bits per heavy atom. The molecule has 5 nitrogen and oxygen atoms in total. The molecule has 0 heterocycles. The fraction of sp³-hybridized carbons (Fsp3) is 0. The van der Waals surface area contributed by atoms with Crippen molar-refractivity contribution in [3.63, 3.8) is 0 Å². The molecule has 0 aliphatic carbocycles. The number of benzene rings is 2. The van der Waals surface area contributed by atoms with Gasteiger partial charge in [0.25, 0.3) is 0 Å². The smallest absolute Gasteiger partial charge is 0.345 e. The van der Waals surface area contributed by atoms with Crippen molar-refractivity contribution in [1.29, 1.82) is 5.41 Å². The number of hydrogen-bond acceptors (Lipinski definition) is 4. The van der Waals surface area contributed by atoms with E-state index in [1.807, 2.05) is 0 Å². The third-order valence-corrected chi connectivity index (χ3v) is 2.84. The van der Waals surface area contributed by atoms with Gasteiger partial charge in [-0.1, -0.05) is 11.6 Å². The molecule has 0 saturated carbocycles. The first-order valence-electron chi connectivity index (χ1n) is 5.69. The monoisotopic (exact) mass is 325 g/mol. The van der Waals surface area contributed by atoms with Gasteiger partial charge in [-0.15, -0.1) is 12.4 Å². The number of nitrogens with two attached hydrogens (primary N) is 2. The van der Waals surface area contributed by atoms with Crippen molar-refractivity contribution >= 4 is 41.5 Å². The summed E-state index contributed by atoms with van der Waals surface area (Å²) in [4.78, 5) is 12.0. The van der Waals surface area contributed by atoms with E-state index in [0.29, 0.717) is 16.3 Å². The van der Waals surface area contributed by atoms with E-state index in [1.165, 1.54) is 12.1 Å². The lowest BCUT2D eigenvalue weighted by molar-refractivity contribution is 0.0736. The van der Waals surface area contributed by atoms with E-state index in [2.05, 4.69) is 0 Å². The van der Waals surface area contributed by atoms with Crippen LogP contribution in [0.1, 0.15) is 15.9 Å². The molecule has 0 unspecified atom stereocenters. The summed E-state index contributed by atoms with van der Waals surface area (Å²) >= 11 is 5.76. The molecule has 0 atom stereocenters. The molecule has 0 amide bonds. The topological polar surface area (TPSA) is 102 Å². The van der Waals surface area contributed by atoms with Crippen molar-refractivity contribution in [2.45, 2.75) is 0 Å². The molecule has 0 aliphatic rings. The maximum absolute atomic E-state index is 12.0. The minimum absolute atomic E-state index is 0. The van der Waals surface area contributed by atoms with Gasteiger partial charge in [0.1, 0.15) is 11.6 Å². The Morgan fingerprint density at radius 1 is 1.14 bits per heavy atom. The Balaban J connectivity index is 0.00000220. The summed E-state index contributed by atoms with van der Waals surface area (Å²) in [7, 11) is 0. The molecule has 0 bridgehead atoms. The van der Waals surface area contributed by atoms with Crippen LogP contribution in [0.2, 0.25) is 5.02 Å². The van der Waals surface area contributed by atoms with Crippen LogP contribution in [0.3, 0.4) is 0 Å². The zero-order valence-electron chi connectivity index (χ0n) is 10.8. The van der Waals surface area contributed by atoms with E-state index in [0.717, 1.165) is 0 Å². The van der Waals surface area contributed by atoms with Crippen LogP contribution < -0.4 is 16.2 Å². The highest BCUT2D eigenvalue weighted by molar-refractivity contribution is 6.31. The van der Waals surface area contributed by atoms with Gasteiger partial charge in [0.2, 0.25) is 0 Å². The molecule has 2 rings (SSSR count). The summed E-state index contributed by atoms with van der Waals surface area (Å²) in [5.74, 6) is -0.283. The standard InChI is InChI=1S/C14H12ClN3O2.ClH/c15-9-3-6-11(12(16)7-9)14(19)20-10-4-1-8(2-5-10)13(17)18;/h1-7H,16H2,(H3,17,18);1H. The van der Waals surface area contributed by atoms with Crippen LogP contribution >= 0.6 is 24.0 Å². The van der Waals surface area contributed by atoms with Crippen LogP contribution in [0.15, 0.2) is 42.5 Å². The van der Waals surface area contributed by atoms with Gasteiger partial charge in [0, 0.05) is 16.3 Å². The van der Waals surface area contributed by atoms with Crippen LogP contribution in [0, 0.1) is 5.41 Å². The second-order valence-electron chi connectivity index (χ2n) is 4.06. The number of ether oxygens (including phenoxy) is 1. The molecule has 7 heteroatoms. The third kappa shape index (κ3) is 4.11. The van der Waals surface area contributed by atoms with Gasteiger partial charge in [0.15, 0.2) is 0 Å². The average molecular weight is 326 g/mol. The number of anilines is 1. The number of carbonyl (C=O) groups excluding carboxylic acids is 1. The van der Waals surface area contributed by atoms with Crippen LogP contribution in [-0.2, 0) is 0 Å². The minimum atomic E-state index is -0.574. The van der Waals surface area contributed by atoms with E-state index >= 15 is 0 Å². The maximum Gasteiger partial charge on any atom is 0.345 e. The Labute approximate surface area is 132 Å². The fourth-order valence-corrected chi connectivity index (χ4v) is 1.76. The van der Waals surface area contributed by atoms with Crippen LogP contribution in [0.25, 0.3) is 0 Å². The predicted molar refractivity (Wildman–Crippen MR) is 85.5 cm³/mol. The first-order chi connectivity index (χ1) is 9.47. The summed E-state index contributed by atoms with van der Waals surface area (Å²) in [5.41, 5.74) is 12.1. The van der Waals surface area contributed by atoms with E-state index in [1.54, 1.807) is 30.3 Å². The zero-order valence-corrected chi connectivity index (χ0v) is 12.4. The van der Waals surface area contributed by atoms with Crippen molar-refractivity contribution in [3.8, 4) is 5.75 Å². The lowest BCUT2D eigenvalue weighted by atomic mass is 10.2. The van der Waals surface area contributed by atoms with Crippen LogP contribution in [0.4, 0.5) is 5.69 Å². The Kier molecular flexibility index (Phi) is 5.58. The summed E-state index contributed by atoms with van der Waals surface area (Å²) in [6.07, 6.45) is 0. The van der Waals surface area contributed by atoms with Gasteiger partial charge in [-0.3, -0.25) is 5.41 Å². The lowest BCUT2D eigenvalue weighted by Crippen LogP contribution is -2.12. The normalized spacial score (nSPS) is 9.57. The molecule has 21 heavy (non-hydrogen) atoms. The molecule has 0 spiro atoms. The van der Waals surface area contributed by atoms with Gasteiger partial charge in [0.05, 0.1) is 5.56 Å². The number of nitrogen functional groups attached to an aromatic ring is 2. The highest BCUT2D eigenvalue weighted by Gasteiger charge is 2.12. The van der Waals surface area contributed by atoms with E-state index < -0.39 is 5.97 Å². The highest BCUT2D eigenvalue weighted by Crippen LogP contribution is 2.20. The molecule has 5 N–H and O–H groups in total. The number of rotatable bonds is 3. The van der Waals surface area contributed by atoms with Gasteiger partial charge in [-0.25, -0.2) is 4.79 Å². The molecule has 2 aromatic carbocycles. The molecular weight excluding hydrogens is 313 g/mol. The number of esters is 1. The Bertz CT molecular complexity index is 672. The van der Waals surface area contributed by atoms with Gasteiger partial charge >= 0.3 is 5.97 Å². The zero-order chi connectivity index (χ0) is 14.7. The third-order valence-electron chi connectivity index (χ3n) is 2.61. The van der Waals surface area contributed by atoms with Gasteiger partial charge in [-0.2, -0.15) is 0 Å². The fourth-order valence-electron chi connectivity index (χ4n) is 1.58. The Morgan fingerprint density at radius 2 is 1.76 bits per heavy atom. The average Bonchev–Trinajstić information content (AvgIpc) is 2.39. The molecule has 2 aromatic rings. The molecule has 0 radical (unpaired) electrons.